The molecule has 1 atom stereocenters. The molecular formula is C14H24N6. The molecule has 1 aliphatic carbocycles. The Bertz CT molecular complexity index is 488. The summed E-state index contributed by atoms with van der Waals surface area (Å²) in [6, 6.07) is 0.383. The van der Waals surface area contributed by atoms with Gasteiger partial charge in [0, 0.05) is 25.6 Å². The standard InChI is InChI=1S/C14H24N6/c1-3-15-13(16-9-14(2)6-7-14)19-11-4-5-12-17-10-18-20(12)8-11/h10-11H,3-9H2,1-2H3,(H2,15,16,19). The van der Waals surface area contributed by atoms with Crippen molar-refractivity contribution >= 4 is 5.96 Å². The van der Waals surface area contributed by atoms with Gasteiger partial charge in [0.25, 0.3) is 0 Å². The van der Waals surface area contributed by atoms with Gasteiger partial charge in [0.1, 0.15) is 12.2 Å². The normalized spacial score (nSPS) is 24.1. The smallest absolute Gasteiger partial charge is 0.191 e. The fourth-order valence-electron chi connectivity index (χ4n) is 2.51. The van der Waals surface area contributed by atoms with Crippen LogP contribution in [-0.4, -0.2) is 39.9 Å². The van der Waals surface area contributed by atoms with E-state index in [-0.39, 0.29) is 0 Å². The lowest BCUT2D eigenvalue weighted by atomic mass is 10.1. The fraction of sp³-hybridized carbons (Fsp3) is 0.786. The van der Waals surface area contributed by atoms with Gasteiger partial charge in [0.05, 0.1) is 6.54 Å². The Morgan fingerprint density at radius 3 is 3.15 bits per heavy atom. The van der Waals surface area contributed by atoms with Crippen LogP contribution < -0.4 is 10.6 Å². The lowest BCUT2D eigenvalue weighted by Gasteiger charge is -2.25. The van der Waals surface area contributed by atoms with Crippen molar-refractivity contribution < 1.29 is 0 Å². The third-order valence-corrected chi connectivity index (χ3v) is 4.21. The van der Waals surface area contributed by atoms with Crippen molar-refractivity contribution in [1.82, 2.24) is 25.4 Å². The molecule has 0 aromatic carbocycles. The van der Waals surface area contributed by atoms with Crippen LogP contribution >= 0.6 is 0 Å². The zero-order valence-corrected chi connectivity index (χ0v) is 12.4. The molecule has 0 amide bonds. The molecule has 1 saturated carbocycles. The molecule has 3 rings (SSSR count). The molecule has 0 bridgehead atoms. The van der Waals surface area contributed by atoms with Crippen LogP contribution in [0.25, 0.3) is 0 Å². The summed E-state index contributed by atoms with van der Waals surface area (Å²) in [6.45, 7) is 7.10. The van der Waals surface area contributed by atoms with Crippen molar-refractivity contribution in [2.75, 3.05) is 13.1 Å². The van der Waals surface area contributed by atoms with Gasteiger partial charge in [-0.05, 0) is 31.6 Å². The van der Waals surface area contributed by atoms with Crippen LogP contribution in [0, 0.1) is 5.41 Å². The number of rotatable bonds is 4. The monoisotopic (exact) mass is 276 g/mol. The van der Waals surface area contributed by atoms with Gasteiger partial charge in [-0.1, -0.05) is 6.92 Å². The molecule has 6 heteroatoms. The molecule has 1 aromatic heterocycles. The van der Waals surface area contributed by atoms with E-state index in [1.807, 2.05) is 4.68 Å². The zero-order valence-electron chi connectivity index (χ0n) is 12.4. The van der Waals surface area contributed by atoms with E-state index in [0.717, 1.165) is 44.3 Å². The maximum atomic E-state index is 4.73. The Labute approximate surface area is 120 Å². The fourth-order valence-corrected chi connectivity index (χ4v) is 2.51. The van der Waals surface area contributed by atoms with Crippen molar-refractivity contribution in [3.8, 4) is 0 Å². The van der Waals surface area contributed by atoms with Gasteiger partial charge < -0.3 is 10.6 Å². The maximum absolute atomic E-state index is 4.73. The van der Waals surface area contributed by atoms with Gasteiger partial charge in [0.2, 0.25) is 0 Å². The predicted octanol–water partition coefficient (Wildman–Crippen LogP) is 0.948. The van der Waals surface area contributed by atoms with Gasteiger partial charge in [-0.15, -0.1) is 0 Å². The Hall–Kier alpha value is -1.59. The van der Waals surface area contributed by atoms with Gasteiger partial charge >= 0.3 is 0 Å². The molecule has 1 unspecified atom stereocenters. The van der Waals surface area contributed by atoms with Crippen LogP contribution in [0.3, 0.4) is 0 Å². The molecule has 1 fully saturated rings. The highest BCUT2D eigenvalue weighted by atomic mass is 15.4. The molecule has 0 saturated heterocycles. The van der Waals surface area contributed by atoms with Crippen LogP contribution in [0.5, 0.6) is 0 Å². The summed E-state index contributed by atoms with van der Waals surface area (Å²) in [6.07, 6.45) is 6.32. The first-order valence-electron chi connectivity index (χ1n) is 7.60. The third-order valence-electron chi connectivity index (χ3n) is 4.21. The second kappa shape index (κ2) is 5.42. The van der Waals surface area contributed by atoms with Crippen molar-refractivity contribution in [1.29, 1.82) is 0 Å². The molecule has 0 spiro atoms. The number of fused-ring (bicyclic) bond motifs is 1. The minimum absolute atomic E-state index is 0.383. The predicted molar refractivity (Wildman–Crippen MR) is 78.6 cm³/mol. The Morgan fingerprint density at radius 1 is 1.55 bits per heavy atom. The summed E-state index contributed by atoms with van der Waals surface area (Å²) < 4.78 is 1.99. The molecule has 2 aliphatic rings. The summed E-state index contributed by atoms with van der Waals surface area (Å²) >= 11 is 0. The Kier molecular flexibility index (Phi) is 3.63. The summed E-state index contributed by atoms with van der Waals surface area (Å²) in [5, 5.41) is 11.1. The number of guanidine groups is 1. The van der Waals surface area contributed by atoms with Gasteiger partial charge in [0.15, 0.2) is 5.96 Å². The quantitative estimate of drug-likeness (QED) is 0.634. The Balaban J connectivity index is 1.59. The second-order valence-electron chi connectivity index (χ2n) is 6.24. The highest BCUT2D eigenvalue weighted by Crippen LogP contribution is 2.44. The zero-order chi connectivity index (χ0) is 14.0. The minimum atomic E-state index is 0.383. The van der Waals surface area contributed by atoms with Crippen LogP contribution in [0.1, 0.15) is 38.9 Å². The van der Waals surface area contributed by atoms with Crippen molar-refractivity contribution in [3.05, 3.63) is 12.2 Å². The molecule has 20 heavy (non-hydrogen) atoms. The summed E-state index contributed by atoms with van der Waals surface area (Å²) in [5.41, 5.74) is 0.452. The average Bonchev–Trinajstić information content (AvgIpc) is 3.00. The van der Waals surface area contributed by atoms with Gasteiger partial charge in [-0.2, -0.15) is 5.10 Å². The molecular weight excluding hydrogens is 252 g/mol. The molecule has 110 valence electrons. The van der Waals surface area contributed by atoms with E-state index < -0.39 is 0 Å². The number of nitrogens with zero attached hydrogens (tertiary/aromatic N) is 4. The van der Waals surface area contributed by atoms with Crippen LogP contribution in [-0.2, 0) is 13.0 Å². The van der Waals surface area contributed by atoms with Crippen molar-refractivity contribution in [2.24, 2.45) is 10.4 Å². The molecule has 1 aromatic rings. The van der Waals surface area contributed by atoms with E-state index in [0.29, 0.717) is 11.5 Å². The Morgan fingerprint density at radius 2 is 2.40 bits per heavy atom. The first kappa shape index (κ1) is 13.4. The van der Waals surface area contributed by atoms with Crippen LogP contribution in [0.15, 0.2) is 11.3 Å². The molecule has 2 heterocycles. The van der Waals surface area contributed by atoms with Gasteiger partial charge in [-0.25, -0.2) is 9.67 Å². The van der Waals surface area contributed by atoms with E-state index in [4.69, 9.17) is 4.99 Å². The minimum Gasteiger partial charge on any atom is -0.357 e. The number of hydrogen-bond acceptors (Lipinski definition) is 3. The average molecular weight is 276 g/mol. The molecule has 2 N–H and O–H groups in total. The number of aliphatic imine (C=N–C) groups is 1. The maximum Gasteiger partial charge on any atom is 0.191 e. The number of aromatic nitrogens is 3. The second-order valence-corrected chi connectivity index (χ2v) is 6.24. The summed E-state index contributed by atoms with van der Waals surface area (Å²) in [4.78, 5) is 9.00. The van der Waals surface area contributed by atoms with Gasteiger partial charge in [-0.3, -0.25) is 4.99 Å². The van der Waals surface area contributed by atoms with E-state index in [2.05, 4.69) is 34.6 Å². The first-order valence-corrected chi connectivity index (χ1v) is 7.60. The number of nitrogens with one attached hydrogen (secondary N) is 2. The van der Waals surface area contributed by atoms with Crippen molar-refractivity contribution in [3.63, 3.8) is 0 Å². The lowest BCUT2D eigenvalue weighted by molar-refractivity contribution is 0.392. The van der Waals surface area contributed by atoms with E-state index in [1.165, 1.54) is 12.8 Å². The van der Waals surface area contributed by atoms with Crippen molar-refractivity contribution in [2.45, 2.75) is 52.1 Å². The highest BCUT2D eigenvalue weighted by Gasteiger charge is 2.37. The van der Waals surface area contributed by atoms with E-state index in [1.54, 1.807) is 6.33 Å². The SMILES string of the molecule is CCNC(=NCC1(C)CC1)NC1CCc2ncnn2C1. The topological polar surface area (TPSA) is 67.1 Å². The molecule has 0 radical (unpaired) electrons. The molecule has 1 aliphatic heterocycles. The largest absolute Gasteiger partial charge is 0.357 e. The van der Waals surface area contributed by atoms with E-state index in [9.17, 15) is 0 Å². The lowest BCUT2D eigenvalue weighted by Crippen LogP contribution is -2.47. The van der Waals surface area contributed by atoms with Crippen LogP contribution in [0.4, 0.5) is 0 Å². The van der Waals surface area contributed by atoms with Crippen LogP contribution in [0.2, 0.25) is 0 Å². The third kappa shape index (κ3) is 3.11. The molecule has 6 nitrogen and oxygen atoms in total. The van der Waals surface area contributed by atoms with E-state index >= 15 is 0 Å². The number of aryl methyl sites for hydroxylation is 1. The summed E-state index contributed by atoms with van der Waals surface area (Å²) in [5.74, 6) is 2.03. The first-order chi connectivity index (χ1) is 9.68. The summed E-state index contributed by atoms with van der Waals surface area (Å²) in [7, 11) is 0. The number of hydrogen-bond donors (Lipinski definition) is 2. The highest BCUT2D eigenvalue weighted by molar-refractivity contribution is 5.80.